The van der Waals surface area contributed by atoms with Crippen LogP contribution < -0.4 is 19.1 Å². The Morgan fingerprint density at radius 2 is 1.59 bits per heavy atom. The average molecular weight is 478 g/mol. The maximum Gasteiger partial charge on any atom is 0.263 e. The summed E-state index contributed by atoms with van der Waals surface area (Å²) in [5.74, 6) is 1.54. The molecule has 32 heavy (non-hydrogen) atoms. The molecule has 0 aliphatic carbocycles. The van der Waals surface area contributed by atoms with Gasteiger partial charge in [-0.15, -0.1) is 0 Å². The first-order chi connectivity index (χ1) is 15.5. The second kappa shape index (κ2) is 10.8. The van der Waals surface area contributed by atoms with E-state index in [0.717, 1.165) is 17.8 Å². The van der Waals surface area contributed by atoms with Gasteiger partial charge < -0.3 is 19.1 Å². The zero-order valence-electron chi connectivity index (χ0n) is 19.0. The molecule has 0 unspecified atom stereocenters. The summed E-state index contributed by atoms with van der Waals surface area (Å²) in [6, 6.07) is 8.67. The number of benzene rings is 2. The van der Waals surface area contributed by atoms with Crippen molar-refractivity contribution in [3.63, 3.8) is 0 Å². The zero-order chi connectivity index (χ0) is 23.3. The van der Waals surface area contributed by atoms with Gasteiger partial charge in [0.25, 0.3) is 5.91 Å². The van der Waals surface area contributed by atoms with Crippen LogP contribution in [0.3, 0.4) is 0 Å². The number of likely N-dealkylation sites (N-methyl/N-ethyl adjacent to an activating group) is 1. The third kappa shape index (κ3) is 4.92. The van der Waals surface area contributed by atoms with Crippen molar-refractivity contribution in [3.05, 3.63) is 40.9 Å². The molecule has 0 aliphatic rings. The van der Waals surface area contributed by atoms with E-state index in [2.05, 4.69) is 18.7 Å². The Morgan fingerprint density at radius 1 is 0.969 bits per heavy atom. The van der Waals surface area contributed by atoms with Gasteiger partial charge in [0.2, 0.25) is 0 Å². The fraction of sp³-hybridized carbons (Fsp3) is 0.391. The Balaban J connectivity index is 2.11. The largest absolute Gasteiger partial charge is 0.496 e. The van der Waals surface area contributed by atoms with E-state index < -0.39 is 0 Å². The maximum absolute atomic E-state index is 13.7. The monoisotopic (exact) mass is 477 g/mol. The molecule has 0 saturated carbocycles. The molecule has 3 aromatic rings. The van der Waals surface area contributed by atoms with Crippen LogP contribution in [0.1, 0.15) is 24.2 Å². The lowest BCUT2D eigenvalue weighted by Gasteiger charge is -2.25. The number of amides is 1. The van der Waals surface area contributed by atoms with Crippen molar-refractivity contribution in [3.8, 4) is 17.2 Å². The van der Waals surface area contributed by atoms with Gasteiger partial charge in [-0.05, 0) is 43.4 Å². The normalized spacial score (nSPS) is 11.1. The van der Waals surface area contributed by atoms with E-state index in [0.29, 0.717) is 51.6 Å². The second-order valence-corrected chi connectivity index (χ2v) is 8.39. The Hall–Kier alpha value is -2.55. The number of hydrogen-bond acceptors (Lipinski definition) is 7. The summed E-state index contributed by atoms with van der Waals surface area (Å²) < 4.78 is 17.3. The molecule has 0 bridgehead atoms. The standard InChI is InChI=1S/C23H28ClN3O4S/c1-6-26(7-2)12-13-27(22(28)16-14-15(24)8-9-17(16)29-3)23-25-20-18(30-4)10-11-19(31-5)21(20)32-23/h8-11,14H,6-7,12-13H2,1-5H3. The van der Waals surface area contributed by atoms with Gasteiger partial charge >= 0.3 is 0 Å². The molecule has 1 amide bonds. The quantitative estimate of drug-likeness (QED) is 0.411. The number of carbonyl (C=O) groups is 1. The molecule has 7 nitrogen and oxygen atoms in total. The first-order valence-electron chi connectivity index (χ1n) is 10.4. The SMILES string of the molecule is CCN(CC)CCN(C(=O)c1cc(Cl)ccc1OC)c1nc2c(OC)ccc(OC)c2s1. The van der Waals surface area contributed by atoms with Crippen LogP contribution in [0.5, 0.6) is 17.2 Å². The first-order valence-corrected chi connectivity index (χ1v) is 11.6. The number of anilines is 1. The highest BCUT2D eigenvalue weighted by atomic mass is 35.5. The lowest BCUT2D eigenvalue weighted by molar-refractivity contribution is 0.0981. The van der Waals surface area contributed by atoms with Gasteiger partial charge in [0.05, 0.1) is 26.9 Å². The number of halogens is 1. The predicted molar refractivity (Wildman–Crippen MR) is 130 cm³/mol. The molecule has 0 atom stereocenters. The highest BCUT2D eigenvalue weighted by Gasteiger charge is 2.26. The summed E-state index contributed by atoms with van der Waals surface area (Å²) in [4.78, 5) is 22.4. The fourth-order valence-corrected chi connectivity index (χ4v) is 4.72. The van der Waals surface area contributed by atoms with Gasteiger partial charge in [-0.3, -0.25) is 9.69 Å². The molecule has 0 aliphatic heterocycles. The molecule has 0 saturated heterocycles. The van der Waals surface area contributed by atoms with E-state index in [1.54, 1.807) is 37.3 Å². The van der Waals surface area contributed by atoms with Crippen molar-refractivity contribution < 1.29 is 19.0 Å². The van der Waals surface area contributed by atoms with Crippen molar-refractivity contribution in [2.24, 2.45) is 0 Å². The molecule has 9 heteroatoms. The molecule has 0 fully saturated rings. The third-order valence-electron chi connectivity index (χ3n) is 5.30. The number of carbonyl (C=O) groups excluding carboxylic acids is 1. The molecular formula is C23H28ClN3O4S. The van der Waals surface area contributed by atoms with Crippen LogP contribution in [-0.4, -0.2) is 63.3 Å². The van der Waals surface area contributed by atoms with Crippen molar-refractivity contribution in [2.45, 2.75) is 13.8 Å². The molecule has 2 aromatic carbocycles. The van der Waals surface area contributed by atoms with Crippen LogP contribution in [0.4, 0.5) is 5.13 Å². The summed E-state index contributed by atoms with van der Waals surface area (Å²) in [5, 5.41) is 1.02. The minimum absolute atomic E-state index is 0.228. The topological polar surface area (TPSA) is 64.1 Å². The molecular weight excluding hydrogens is 450 g/mol. The van der Waals surface area contributed by atoms with Crippen LogP contribution in [0.15, 0.2) is 30.3 Å². The number of thiazole rings is 1. The lowest BCUT2D eigenvalue weighted by Crippen LogP contribution is -2.39. The van der Waals surface area contributed by atoms with E-state index in [1.807, 2.05) is 12.1 Å². The number of methoxy groups -OCH3 is 3. The Bertz CT molecular complexity index is 1040. The van der Waals surface area contributed by atoms with E-state index in [4.69, 9.17) is 30.8 Å². The summed E-state index contributed by atoms with van der Waals surface area (Å²) in [5.41, 5.74) is 1.04. The lowest BCUT2D eigenvalue weighted by atomic mass is 10.1. The summed E-state index contributed by atoms with van der Waals surface area (Å²) in [7, 11) is 4.74. The molecule has 0 radical (unpaired) electrons. The van der Waals surface area contributed by atoms with Gasteiger partial charge in [-0.2, -0.15) is 0 Å². The molecule has 3 rings (SSSR count). The molecule has 0 N–H and O–H groups in total. The molecule has 0 spiro atoms. The van der Waals surface area contributed by atoms with Crippen molar-refractivity contribution in [2.75, 3.05) is 52.4 Å². The van der Waals surface area contributed by atoms with E-state index in [9.17, 15) is 4.79 Å². The Morgan fingerprint density at radius 3 is 2.22 bits per heavy atom. The number of fused-ring (bicyclic) bond motifs is 1. The molecule has 1 aromatic heterocycles. The number of ether oxygens (including phenoxy) is 3. The maximum atomic E-state index is 13.7. The number of rotatable bonds is 10. The molecule has 172 valence electrons. The second-order valence-electron chi connectivity index (χ2n) is 6.97. The van der Waals surface area contributed by atoms with Gasteiger partial charge in [0, 0.05) is 18.1 Å². The van der Waals surface area contributed by atoms with E-state index in [1.165, 1.54) is 18.4 Å². The van der Waals surface area contributed by atoms with Crippen LogP contribution >= 0.6 is 22.9 Å². The van der Waals surface area contributed by atoms with Crippen LogP contribution in [0, 0.1) is 0 Å². The predicted octanol–water partition coefficient (Wildman–Crippen LogP) is 4.96. The third-order valence-corrected chi connectivity index (χ3v) is 6.63. The van der Waals surface area contributed by atoms with Crippen LogP contribution in [-0.2, 0) is 0 Å². The highest BCUT2D eigenvalue weighted by Crippen LogP contribution is 2.40. The van der Waals surface area contributed by atoms with Crippen molar-refractivity contribution in [1.29, 1.82) is 0 Å². The number of nitrogens with zero attached hydrogens (tertiary/aromatic N) is 3. The van der Waals surface area contributed by atoms with Crippen molar-refractivity contribution in [1.82, 2.24) is 9.88 Å². The van der Waals surface area contributed by atoms with E-state index in [-0.39, 0.29) is 5.91 Å². The minimum Gasteiger partial charge on any atom is -0.496 e. The van der Waals surface area contributed by atoms with Gasteiger partial charge in [0.1, 0.15) is 27.5 Å². The van der Waals surface area contributed by atoms with Gasteiger partial charge in [-0.25, -0.2) is 4.98 Å². The zero-order valence-corrected chi connectivity index (χ0v) is 20.5. The number of hydrogen-bond donors (Lipinski definition) is 0. The summed E-state index contributed by atoms with van der Waals surface area (Å²) in [6.07, 6.45) is 0. The molecule has 1 heterocycles. The minimum atomic E-state index is -0.228. The summed E-state index contributed by atoms with van der Waals surface area (Å²) in [6.45, 7) is 7.14. The average Bonchev–Trinajstić information content (AvgIpc) is 3.26. The smallest absolute Gasteiger partial charge is 0.263 e. The van der Waals surface area contributed by atoms with Crippen LogP contribution in [0.2, 0.25) is 5.02 Å². The Kier molecular flexibility index (Phi) is 8.17. The van der Waals surface area contributed by atoms with Gasteiger partial charge in [-0.1, -0.05) is 36.8 Å². The fourth-order valence-electron chi connectivity index (χ4n) is 3.45. The Labute approximate surface area is 197 Å². The first kappa shape index (κ1) is 24.1. The summed E-state index contributed by atoms with van der Waals surface area (Å²) >= 11 is 7.59. The highest BCUT2D eigenvalue weighted by molar-refractivity contribution is 7.22. The van der Waals surface area contributed by atoms with E-state index >= 15 is 0 Å². The van der Waals surface area contributed by atoms with Crippen LogP contribution in [0.25, 0.3) is 10.2 Å². The number of aromatic nitrogens is 1. The van der Waals surface area contributed by atoms with Gasteiger partial charge in [0.15, 0.2) is 5.13 Å². The van der Waals surface area contributed by atoms with Crippen molar-refractivity contribution >= 4 is 44.2 Å².